The van der Waals surface area contributed by atoms with E-state index in [1.165, 1.54) is 36.4 Å². The summed E-state index contributed by atoms with van der Waals surface area (Å²) in [6.45, 7) is 1.63. The lowest BCUT2D eigenvalue weighted by atomic mass is 10.2. The van der Waals surface area contributed by atoms with Crippen molar-refractivity contribution in [3.05, 3.63) is 75.8 Å². The Morgan fingerprint density at radius 2 is 1.83 bits per heavy atom. The van der Waals surface area contributed by atoms with Gasteiger partial charge in [-0.1, -0.05) is 18.2 Å². The van der Waals surface area contributed by atoms with Crippen LogP contribution in [0, 0.1) is 17.0 Å². The smallest absolute Gasteiger partial charge is 0.276 e. The molecule has 2 amide bonds. The number of nitro benzene ring substituents is 1. The second-order valence-electron chi connectivity index (χ2n) is 5.73. The van der Waals surface area contributed by atoms with Crippen LogP contribution in [0.1, 0.15) is 11.1 Å². The van der Waals surface area contributed by atoms with E-state index in [4.69, 9.17) is 17.0 Å². The average molecular weight is 414 g/mol. The van der Waals surface area contributed by atoms with Gasteiger partial charge in [0.25, 0.3) is 11.6 Å². The van der Waals surface area contributed by atoms with E-state index in [2.05, 4.69) is 16.2 Å². The number of amides is 2. The number of nitrogens with one attached hydrogen (secondary N) is 3. The predicted octanol–water partition coefficient (Wildman–Crippen LogP) is 2.02. The molecule has 0 aliphatic carbocycles. The van der Waals surface area contributed by atoms with E-state index in [9.17, 15) is 19.7 Å². The summed E-state index contributed by atoms with van der Waals surface area (Å²) in [5.41, 5.74) is 6.16. The van der Waals surface area contributed by atoms with Gasteiger partial charge < -0.3 is 4.74 Å². The summed E-state index contributed by atoms with van der Waals surface area (Å²) >= 11 is 4.92. The lowest BCUT2D eigenvalue weighted by molar-refractivity contribution is -0.384. The number of aryl methyl sites for hydroxylation is 1. The maximum Gasteiger partial charge on any atom is 0.276 e. The molecule has 10 heteroatoms. The second kappa shape index (κ2) is 10.5. The maximum atomic E-state index is 11.8. The van der Waals surface area contributed by atoms with Gasteiger partial charge in [-0.2, -0.15) is 0 Å². The van der Waals surface area contributed by atoms with Crippen LogP contribution in [0.5, 0.6) is 5.75 Å². The number of para-hydroxylation sites is 1. The van der Waals surface area contributed by atoms with E-state index in [-0.39, 0.29) is 17.4 Å². The molecular formula is C19H18N4O5S. The van der Waals surface area contributed by atoms with Gasteiger partial charge in [-0.15, -0.1) is 0 Å². The number of nitrogens with zero attached hydrogens (tertiary/aromatic N) is 1. The number of carbonyl (C=O) groups excluding carboxylic acids is 2. The third kappa shape index (κ3) is 7.39. The van der Waals surface area contributed by atoms with Crippen molar-refractivity contribution in [1.82, 2.24) is 16.2 Å². The van der Waals surface area contributed by atoms with Crippen molar-refractivity contribution in [3.8, 4) is 5.75 Å². The molecule has 0 atom stereocenters. The zero-order chi connectivity index (χ0) is 21.2. The first kappa shape index (κ1) is 21.5. The van der Waals surface area contributed by atoms with E-state index in [0.717, 1.165) is 5.56 Å². The predicted molar refractivity (Wildman–Crippen MR) is 111 cm³/mol. The lowest BCUT2D eigenvalue weighted by Crippen LogP contribution is -2.49. The number of nitro groups is 1. The Morgan fingerprint density at radius 1 is 1.14 bits per heavy atom. The molecule has 2 aromatic carbocycles. The fourth-order valence-electron chi connectivity index (χ4n) is 2.09. The number of ether oxygens (including phenoxy) is 1. The quantitative estimate of drug-likeness (QED) is 0.286. The van der Waals surface area contributed by atoms with E-state index in [0.29, 0.717) is 11.3 Å². The minimum absolute atomic E-state index is 0.0425. The van der Waals surface area contributed by atoms with Crippen molar-refractivity contribution in [3.63, 3.8) is 0 Å². The lowest BCUT2D eigenvalue weighted by Gasteiger charge is -2.11. The standard InChI is InChI=1S/C19H18N4O5S/c1-13-4-2-3-5-16(13)28-12-18(25)21-22-19(29)20-17(24)11-8-14-6-9-15(10-7-14)23(26)27/h2-11H,12H2,1H3,(H,21,25)(H2,20,22,24,29)/b11-8+. The van der Waals surface area contributed by atoms with Crippen LogP contribution in [0.4, 0.5) is 5.69 Å². The Kier molecular flexibility index (Phi) is 7.80. The van der Waals surface area contributed by atoms with Crippen LogP contribution in [0.15, 0.2) is 54.6 Å². The molecule has 0 aromatic heterocycles. The zero-order valence-corrected chi connectivity index (χ0v) is 16.2. The molecule has 3 N–H and O–H groups in total. The highest BCUT2D eigenvalue weighted by molar-refractivity contribution is 7.80. The Labute approximate surface area is 171 Å². The van der Waals surface area contributed by atoms with Gasteiger partial charge in [-0.3, -0.25) is 35.9 Å². The molecule has 0 aliphatic heterocycles. The van der Waals surface area contributed by atoms with Crippen molar-refractivity contribution in [2.45, 2.75) is 6.92 Å². The monoisotopic (exact) mass is 414 g/mol. The van der Waals surface area contributed by atoms with E-state index < -0.39 is 16.7 Å². The molecule has 0 spiro atoms. The summed E-state index contributed by atoms with van der Waals surface area (Å²) in [5, 5.41) is 12.8. The van der Waals surface area contributed by atoms with Crippen LogP contribution >= 0.6 is 12.2 Å². The van der Waals surface area contributed by atoms with Gasteiger partial charge >= 0.3 is 0 Å². The molecule has 0 radical (unpaired) electrons. The van der Waals surface area contributed by atoms with Crippen molar-refractivity contribution < 1.29 is 19.2 Å². The van der Waals surface area contributed by atoms with Gasteiger partial charge in [0.15, 0.2) is 11.7 Å². The van der Waals surface area contributed by atoms with Crippen LogP contribution in [-0.4, -0.2) is 28.5 Å². The molecule has 2 aromatic rings. The van der Waals surface area contributed by atoms with Crippen LogP contribution in [-0.2, 0) is 9.59 Å². The summed E-state index contributed by atoms with van der Waals surface area (Å²) in [4.78, 5) is 33.7. The Morgan fingerprint density at radius 3 is 2.48 bits per heavy atom. The molecule has 0 saturated carbocycles. The summed E-state index contributed by atoms with van der Waals surface area (Å²) in [7, 11) is 0. The number of non-ortho nitro benzene ring substituents is 1. The van der Waals surface area contributed by atoms with Crippen molar-refractivity contribution in [2.24, 2.45) is 0 Å². The van der Waals surface area contributed by atoms with Crippen molar-refractivity contribution in [2.75, 3.05) is 6.61 Å². The van der Waals surface area contributed by atoms with Gasteiger partial charge in [0.1, 0.15) is 5.75 Å². The van der Waals surface area contributed by atoms with Gasteiger partial charge in [-0.05, 0) is 54.5 Å². The number of hydrogen-bond donors (Lipinski definition) is 3. The first-order valence-electron chi connectivity index (χ1n) is 8.36. The minimum Gasteiger partial charge on any atom is -0.483 e. The first-order valence-corrected chi connectivity index (χ1v) is 8.77. The number of benzene rings is 2. The largest absolute Gasteiger partial charge is 0.483 e. The highest BCUT2D eigenvalue weighted by atomic mass is 32.1. The van der Waals surface area contributed by atoms with Gasteiger partial charge in [0.2, 0.25) is 5.91 Å². The number of hydrazine groups is 1. The topological polar surface area (TPSA) is 123 Å². The fraction of sp³-hybridized carbons (Fsp3) is 0.105. The van der Waals surface area contributed by atoms with Gasteiger partial charge in [-0.25, -0.2) is 0 Å². The van der Waals surface area contributed by atoms with E-state index in [1.807, 2.05) is 19.1 Å². The molecule has 0 heterocycles. The molecule has 0 aliphatic rings. The van der Waals surface area contributed by atoms with Crippen LogP contribution in [0.25, 0.3) is 6.08 Å². The second-order valence-corrected chi connectivity index (χ2v) is 6.14. The molecule has 0 bridgehead atoms. The molecule has 150 valence electrons. The molecule has 29 heavy (non-hydrogen) atoms. The molecule has 2 rings (SSSR count). The Hall–Kier alpha value is -3.79. The summed E-state index contributed by atoms with van der Waals surface area (Å²) in [5.74, 6) is -0.424. The first-order chi connectivity index (χ1) is 13.8. The SMILES string of the molecule is Cc1ccccc1OCC(=O)NNC(=S)NC(=O)/C=C/c1ccc([N+](=O)[O-])cc1. The molecule has 9 nitrogen and oxygen atoms in total. The van der Waals surface area contributed by atoms with Crippen LogP contribution in [0.2, 0.25) is 0 Å². The molecular weight excluding hydrogens is 396 g/mol. The van der Waals surface area contributed by atoms with Gasteiger partial charge in [0.05, 0.1) is 4.92 Å². The minimum atomic E-state index is -0.536. The maximum absolute atomic E-state index is 11.8. The van der Waals surface area contributed by atoms with E-state index >= 15 is 0 Å². The number of rotatable bonds is 6. The summed E-state index contributed by atoms with van der Waals surface area (Å²) in [6, 6.07) is 12.9. The number of carbonyl (C=O) groups is 2. The number of hydrogen-bond acceptors (Lipinski definition) is 6. The normalized spacial score (nSPS) is 10.2. The zero-order valence-electron chi connectivity index (χ0n) is 15.4. The van der Waals surface area contributed by atoms with E-state index in [1.54, 1.807) is 12.1 Å². The van der Waals surface area contributed by atoms with Crippen LogP contribution in [0.3, 0.4) is 0 Å². The fourth-order valence-corrected chi connectivity index (χ4v) is 2.24. The summed E-state index contributed by atoms with van der Waals surface area (Å²) < 4.78 is 5.39. The molecule has 0 fully saturated rings. The highest BCUT2D eigenvalue weighted by Crippen LogP contribution is 2.15. The average Bonchev–Trinajstić information content (AvgIpc) is 2.70. The Balaban J connectivity index is 1.72. The van der Waals surface area contributed by atoms with Crippen molar-refractivity contribution in [1.29, 1.82) is 0 Å². The Bertz CT molecular complexity index is 944. The van der Waals surface area contributed by atoms with Gasteiger partial charge in [0, 0.05) is 18.2 Å². The van der Waals surface area contributed by atoms with Crippen molar-refractivity contribution >= 4 is 40.9 Å². The van der Waals surface area contributed by atoms with Crippen LogP contribution < -0.4 is 20.9 Å². The highest BCUT2D eigenvalue weighted by Gasteiger charge is 2.06. The summed E-state index contributed by atoms with van der Waals surface area (Å²) in [6.07, 6.45) is 2.68. The molecule has 0 saturated heterocycles. The third-order valence-corrected chi connectivity index (χ3v) is 3.74. The molecule has 0 unspecified atom stereocenters. The number of thiocarbonyl (C=S) groups is 1. The third-order valence-electron chi connectivity index (χ3n) is 3.54.